The monoisotopic (exact) mass is 956 g/mol. The van der Waals surface area contributed by atoms with Crippen LogP contribution in [-0.2, 0) is 4.79 Å². The topological polar surface area (TPSA) is 248 Å². The minimum Gasteiger partial charge on any atom is -0.393 e. The number of thiazole rings is 5. The van der Waals surface area contributed by atoms with Crippen molar-refractivity contribution in [2.75, 3.05) is 0 Å². The largest absolute Gasteiger partial charge is 0.393 e. The van der Waals surface area contributed by atoms with Gasteiger partial charge in [-0.2, -0.15) is 0 Å². The highest BCUT2D eigenvalue weighted by Crippen LogP contribution is 2.37. The van der Waals surface area contributed by atoms with E-state index in [0.29, 0.717) is 58.0 Å². The molecule has 308 valence electrons. The third-order valence-electron chi connectivity index (χ3n) is 8.36. The van der Waals surface area contributed by atoms with Gasteiger partial charge in [0.15, 0.2) is 0 Å². The number of rotatable bonds is 16. The third-order valence-corrected chi connectivity index (χ3v) is 13.5. The van der Waals surface area contributed by atoms with Crippen LogP contribution < -0.4 is 21.7 Å². The molecule has 59 heavy (non-hydrogen) atoms. The molecule has 0 aliphatic carbocycles. The van der Waals surface area contributed by atoms with Gasteiger partial charge in [0, 0.05) is 32.5 Å². The average molecular weight is 958 g/mol. The first-order valence-electron chi connectivity index (χ1n) is 17.8. The fourth-order valence-corrected chi connectivity index (χ4v) is 10.3. The third kappa shape index (κ3) is 10.6. The first kappa shape index (κ1) is 43.9. The molecule has 0 aromatic carbocycles. The first-order valence-corrected chi connectivity index (χ1v) is 23.0. The number of primary amides is 1. The summed E-state index contributed by atoms with van der Waals surface area (Å²) in [5, 5.41) is 39.8. The van der Waals surface area contributed by atoms with Crippen molar-refractivity contribution in [3.05, 3.63) is 81.8 Å². The van der Waals surface area contributed by atoms with E-state index in [0.717, 1.165) is 0 Å². The number of allylic oxidation sites excluding steroid dienone is 1. The molecule has 4 atom stereocenters. The van der Waals surface area contributed by atoms with Crippen LogP contribution in [0.3, 0.4) is 0 Å². The predicted molar refractivity (Wildman–Crippen MR) is 233 cm³/mol. The second-order valence-corrected chi connectivity index (χ2v) is 18.5. The molecule has 0 spiro atoms. The molecule has 7 N–H and O–H groups in total. The lowest BCUT2D eigenvalue weighted by molar-refractivity contribution is -0.121. The number of nitrogens with zero attached hydrogens (tertiary/aromatic N) is 6. The second kappa shape index (κ2) is 19.1. The van der Waals surface area contributed by atoms with E-state index in [2.05, 4.69) is 51.8 Å². The summed E-state index contributed by atoms with van der Waals surface area (Å²) in [5.41, 5.74) is 8.36. The van der Waals surface area contributed by atoms with Crippen molar-refractivity contribution in [2.24, 2.45) is 11.7 Å². The molecule has 0 aliphatic rings. The molecule has 22 heteroatoms. The lowest BCUT2D eigenvalue weighted by Crippen LogP contribution is -2.35. The lowest BCUT2D eigenvalue weighted by Gasteiger charge is -2.20. The quantitative estimate of drug-likeness (QED) is 0.0613. The maximum atomic E-state index is 13.7. The molecule has 0 saturated carbocycles. The Morgan fingerprint density at radius 3 is 2.02 bits per heavy atom. The van der Waals surface area contributed by atoms with Gasteiger partial charge in [-0.25, -0.2) is 29.9 Å². The van der Waals surface area contributed by atoms with Gasteiger partial charge in [-0.05, 0) is 54.8 Å². The Bertz CT molecular complexity index is 2520. The van der Waals surface area contributed by atoms with Crippen molar-refractivity contribution >= 4 is 102 Å². The van der Waals surface area contributed by atoms with E-state index in [1.807, 2.05) is 25.3 Å². The molecule has 6 heterocycles. The van der Waals surface area contributed by atoms with Crippen LogP contribution in [0.1, 0.15) is 99.6 Å². The Morgan fingerprint density at radius 2 is 1.39 bits per heavy atom. The number of aliphatic hydroxyl groups excluding tert-OH is 2. The van der Waals surface area contributed by atoms with Crippen molar-refractivity contribution in [3.63, 3.8) is 0 Å². The predicted octanol–water partition coefficient (Wildman–Crippen LogP) is 6.45. The number of aromatic nitrogens is 6. The first-order chi connectivity index (χ1) is 28.1. The van der Waals surface area contributed by atoms with E-state index >= 15 is 0 Å². The SMILES string of the molecule is C/C=C(\NC(=O)C[C@@H](C)O)c1nc(C(=O)NC(c2nc(C(=O)N[C@H](c3nc(-c4nc(-c5nc(Br)cs5)ccc4-c4nc(C(N)=O)cs4)cs3)[C@@H](C)O)cs2)C(C)C)cs1. The average Bonchev–Trinajstić information content (AvgIpc) is 4.04. The molecule has 1 unspecified atom stereocenters. The zero-order valence-electron chi connectivity index (χ0n) is 31.9. The van der Waals surface area contributed by atoms with Crippen LogP contribution >= 0.6 is 72.6 Å². The summed E-state index contributed by atoms with van der Waals surface area (Å²) in [6, 6.07) is 2.14. The van der Waals surface area contributed by atoms with Crippen LogP contribution in [-0.4, -0.2) is 76.0 Å². The fourth-order valence-electron chi connectivity index (χ4n) is 5.46. The zero-order chi connectivity index (χ0) is 42.5. The van der Waals surface area contributed by atoms with Crippen LogP contribution in [0.15, 0.2) is 49.7 Å². The molecule has 4 amide bonds. The molecule has 0 radical (unpaired) electrons. The summed E-state index contributed by atoms with van der Waals surface area (Å²) in [6.45, 7) is 8.61. The Morgan fingerprint density at radius 1 is 0.746 bits per heavy atom. The Hall–Kier alpha value is -4.68. The van der Waals surface area contributed by atoms with E-state index < -0.39 is 42.0 Å². The standard InChI is InChI=1S/C37H37BrN10O6S5/c1-6-19(40-26(51)9-16(4)49)34-44-23(12-56-34)31(53)47-27(15(2)3)36-45-24(13-58-36)32(54)48-28(17(5)50)37-42-21(10-57-37)29-18(33-43-22(11-55-33)30(39)52)7-8-20(41-29)35-46-25(38)14-59-35/h6-8,10-17,27-28,49-50H,9H2,1-5H3,(H2,39,52)(H,40,51)(H,47,53)(H,48,54)/b19-6-/t16-,17-,27?,28+/m1/s1. The van der Waals surface area contributed by atoms with Gasteiger partial charge in [0.2, 0.25) is 5.91 Å². The summed E-state index contributed by atoms with van der Waals surface area (Å²) >= 11 is 9.65. The Kier molecular flexibility index (Phi) is 14.2. The highest BCUT2D eigenvalue weighted by atomic mass is 79.9. The van der Waals surface area contributed by atoms with Crippen LogP contribution in [0.25, 0.3) is 38.4 Å². The number of carbonyl (C=O) groups is 4. The van der Waals surface area contributed by atoms with Crippen molar-refractivity contribution < 1.29 is 29.4 Å². The fraction of sp³-hybridized carbons (Fsp3) is 0.297. The molecule has 16 nitrogen and oxygen atoms in total. The smallest absolute Gasteiger partial charge is 0.271 e. The van der Waals surface area contributed by atoms with Crippen molar-refractivity contribution in [1.82, 2.24) is 45.9 Å². The van der Waals surface area contributed by atoms with E-state index in [1.54, 1.807) is 47.5 Å². The normalized spacial score (nSPS) is 13.8. The molecule has 6 rings (SSSR count). The molecule has 0 aliphatic heterocycles. The number of nitrogens with one attached hydrogen (secondary N) is 3. The summed E-state index contributed by atoms with van der Waals surface area (Å²) in [7, 11) is 0. The number of hydrogen-bond acceptors (Lipinski definition) is 17. The minimum atomic E-state index is -1.06. The molecule has 0 fully saturated rings. The van der Waals surface area contributed by atoms with E-state index in [9.17, 15) is 29.4 Å². The zero-order valence-corrected chi connectivity index (χ0v) is 37.6. The minimum absolute atomic E-state index is 0.0801. The number of pyridine rings is 1. The molecule has 6 aromatic heterocycles. The maximum Gasteiger partial charge on any atom is 0.271 e. The van der Waals surface area contributed by atoms with Gasteiger partial charge >= 0.3 is 0 Å². The summed E-state index contributed by atoms with van der Waals surface area (Å²) in [5.74, 6) is -2.17. The molecule has 6 aromatic rings. The van der Waals surface area contributed by atoms with Crippen LogP contribution in [0.4, 0.5) is 0 Å². The molecule has 0 saturated heterocycles. The van der Waals surface area contributed by atoms with Gasteiger partial charge in [0.05, 0.1) is 36.1 Å². The number of aliphatic hydroxyl groups is 2. The molecular formula is C37H37BrN10O6S5. The number of hydrogen-bond donors (Lipinski definition) is 6. The van der Waals surface area contributed by atoms with Crippen molar-refractivity contribution in [3.8, 4) is 32.7 Å². The number of carbonyl (C=O) groups excluding carboxylic acids is 4. The van der Waals surface area contributed by atoms with Gasteiger partial charge in [-0.3, -0.25) is 19.2 Å². The number of halogens is 1. The number of amides is 4. The van der Waals surface area contributed by atoms with Gasteiger partial charge in [0.1, 0.15) is 64.2 Å². The van der Waals surface area contributed by atoms with Gasteiger partial charge < -0.3 is 31.9 Å². The Labute approximate surface area is 366 Å². The van der Waals surface area contributed by atoms with Crippen molar-refractivity contribution in [2.45, 2.75) is 65.3 Å². The van der Waals surface area contributed by atoms with Gasteiger partial charge in [0.25, 0.3) is 17.7 Å². The van der Waals surface area contributed by atoms with Gasteiger partial charge in [-0.15, -0.1) is 56.7 Å². The summed E-state index contributed by atoms with van der Waals surface area (Å²) < 4.78 is 0.669. The second-order valence-electron chi connectivity index (χ2n) is 13.3. The Balaban J connectivity index is 1.19. The highest BCUT2D eigenvalue weighted by Gasteiger charge is 2.29. The molecule has 0 bridgehead atoms. The molecular weight excluding hydrogens is 921 g/mol. The van der Waals surface area contributed by atoms with E-state index in [-0.39, 0.29) is 35.3 Å². The van der Waals surface area contributed by atoms with Gasteiger partial charge in [-0.1, -0.05) is 19.9 Å². The van der Waals surface area contributed by atoms with Crippen LogP contribution in [0.5, 0.6) is 0 Å². The van der Waals surface area contributed by atoms with Crippen LogP contribution in [0.2, 0.25) is 0 Å². The van der Waals surface area contributed by atoms with Crippen molar-refractivity contribution in [1.29, 1.82) is 0 Å². The highest BCUT2D eigenvalue weighted by molar-refractivity contribution is 9.10. The van der Waals surface area contributed by atoms with E-state index in [4.69, 9.17) is 15.7 Å². The summed E-state index contributed by atoms with van der Waals surface area (Å²) in [4.78, 5) is 78.7. The summed E-state index contributed by atoms with van der Waals surface area (Å²) in [6.07, 6.45) is -0.278. The number of nitrogens with two attached hydrogens (primary N) is 1. The lowest BCUT2D eigenvalue weighted by atomic mass is 10.1. The maximum absolute atomic E-state index is 13.7. The van der Waals surface area contributed by atoms with E-state index in [1.165, 1.54) is 63.6 Å². The van der Waals surface area contributed by atoms with Crippen LogP contribution in [0, 0.1) is 5.92 Å².